The van der Waals surface area contributed by atoms with Gasteiger partial charge < -0.3 is 105 Å². The number of nitrogens with zero attached hydrogens (tertiary/aromatic N) is 22. The Labute approximate surface area is 806 Å². The molecule has 0 spiro atoms. The van der Waals surface area contributed by atoms with E-state index in [0.717, 1.165) is 46.3 Å². The molecule has 9 fully saturated rings. The number of aromatic nitrogens is 25. The highest BCUT2D eigenvalue weighted by Gasteiger charge is 2.65. The fourth-order valence-electron chi connectivity index (χ4n) is 16.0. The number of thiol groups is 1. The first-order valence-corrected chi connectivity index (χ1v) is 57.9. The highest BCUT2D eigenvalue weighted by molar-refractivity contribution is 8.44. The van der Waals surface area contributed by atoms with Crippen molar-refractivity contribution in [3.8, 4) is 0 Å². The van der Waals surface area contributed by atoms with Gasteiger partial charge in [0.1, 0.15) is 107 Å². The predicted octanol–water partition coefficient (Wildman–Crippen LogP) is 2.27. The monoisotopic (exact) mass is 2220 g/mol. The minimum absolute atomic E-state index is 0.0190. The van der Waals surface area contributed by atoms with E-state index in [4.69, 9.17) is 167 Å². The molecule has 0 aliphatic carbocycles. The van der Waals surface area contributed by atoms with Crippen LogP contribution in [0, 0.1) is 0 Å². The number of anilines is 6. The van der Waals surface area contributed by atoms with Gasteiger partial charge in [0.25, 0.3) is 16.7 Å². The highest BCUT2D eigenvalue weighted by Crippen LogP contribution is 2.64. The maximum atomic E-state index is 16.1. The second-order valence-electron chi connectivity index (χ2n) is 31.0. The second-order valence-corrected chi connectivity index (χ2v) is 52.1. The summed E-state index contributed by atoms with van der Waals surface area (Å²) in [5.74, 6) is -4.64. The molecule has 744 valence electrons. The molecule has 0 amide bonds. The number of thioether (sulfide) groups is 3. The lowest BCUT2D eigenvalue weighted by molar-refractivity contribution is -0.180. The first kappa shape index (κ1) is 99.8. The standard InChI is InChI=1S/C22H27FN10O9P2S3.C21H23F2N9O8P2S3.C18H19F3N12O8P2S3/c1-37-43(35,45)39-3-10-11(23)14(20(47-10)33-8-29-13-17(33)30-21(25)31-18(13)34)42-44(36,46)40-5-22-2-9(38-4-22)19(41-22)32-7-28-12-15(24)26-6-27-16(12)32;22-10-9-4-37-42(35,44)39-14-8(38-19(11(14)23)31-5-27-12-7(24)1-2-26-16(12)31)3-36-41(34,43)40-15(10)20(45-9)32-6-28-13-17(32)29-21(25)30-18(13)33;19-6-5-2-38-43(36,45)41-10-4(39-16(18(10,20)21)33-12-7(28-31-33)11(22)24-3-25-12)1-37-42(35,44)40-9(6)15(46-5)32-13-8(29-30-32)14(34)27-17(23)26-13/h6-11,14,19-20H,2-5H2,1H3,(H,35,45)(H,36,46)(H2,24,26,27)(H3,25,30,31,34);1-2,5-6,8-11,14-15,19-20H,3-4H2,(H2,24,26)(H,34,43)(H,35,44)(H3,25,29,30,33);3-6,9-10,15-16H,1-2H2,(H,35,44)(H,36,45)(H2,22,24,25)(H3,23,26,27,34)/t9-,10-,11+,14-,19-,20-,22-,43?,44?;8-,9-,10+,11+,14-,15-,19-,20-,41?,42?;4-,5-,6+,9-,10-,15-,16-,42?,43?/m111/s1. The molecule has 6 bridgehead atoms. The molecule has 9 aliphatic heterocycles. The Morgan fingerprint density at radius 3 is 1.72 bits per heavy atom. The average molecular weight is 2220 g/mol. The lowest BCUT2D eigenvalue weighted by Gasteiger charge is -2.32. The van der Waals surface area contributed by atoms with Gasteiger partial charge in [0.05, 0.1) is 93.0 Å². The molecule has 9 aliphatic rings. The van der Waals surface area contributed by atoms with Crippen LogP contribution in [0.3, 0.4) is 0 Å². The summed E-state index contributed by atoms with van der Waals surface area (Å²) in [5.41, 5.74) is 32.7. The number of hydrogen-bond acceptors (Lipinski definition) is 50. The van der Waals surface area contributed by atoms with Gasteiger partial charge in [-0.3, -0.25) is 74.7 Å². The van der Waals surface area contributed by atoms with Gasteiger partial charge in [-0.05, 0) is 65.1 Å². The Morgan fingerprint density at radius 1 is 0.565 bits per heavy atom. The van der Waals surface area contributed by atoms with Gasteiger partial charge >= 0.3 is 46.3 Å². The fourth-order valence-corrected chi connectivity index (χ4v) is 28.7. The number of nitrogens with two attached hydrogens (primary N) is 6. The average Bonchev–Trinajstić information content (AvgIpc) is 1.64. The lowest BCUT2D eigenvalue weighted by atomic mass is 10.0. The highest BCUT2D eigenvalue weighted by atomic mass is 32.7. The van der Waals surface area contributed by atoms with Crippen LogP contribution in [-0.4, -0.2) is 302 Å². The van der Waals surface area contributed by atoms with Crippen molar-refractivity contribution in [3.63, 3.8) is 0 Å². The zero-order valence-electron chi connectivity index (χ0n) is 68.8. The van der Waals surface area contributed by atoms with Crippen LogP contribution in [0.1, 0.15) is 41.2 Å². The predicted molar refractivity (Wildman–Crippen MR) is 492 cm³/mol. The van der Waals surface area contributed by atoms with Crippen molar-refractivity contribution in [3.05, 3.63) is 81.3 Å². The number of ether oxygens (including phenoxy) is 4. The van der Waals surface area contributed by atoms with E-state index in [-0.39, 0.29) is 99.6 Å². The number of H-pyrrole nitrogens is 3. The van der Waals surface area contributed by atoms with E-state index in [0.29, 0.717) is 33.5 Å². The van der Waals surface area contributed by atoms with E-state index in [1.165, 1.54) is 64.7 Å². The Bertz CT molecular complexity index is 7290. The lowest BCUT2D eigenvalue weighted by Crippen LogP contribution is -2.41. The topological polar surface area (TPSA) is 756 Å². The largest absolute Gasteiger partial charge is 0.397 e. The Balaban J connectivity index is 0.000000132. The third-order valence-corrected chi connectivity index (χ3v) is 36.3. The molecule has 12 aromatic rings. The Hall–Kier alpha value is -6.95. The number of hydrogen-bond donors (Lipinski definition) is 15. The maximum absolute atomic E-state index is 16.1. The number of alkyl halides is 6. The van der Waals surface area contributed by atoms with Gasteiger partial charge in [-0.1, -0.05) is 22.7 Å². The van der Waals surface area contributed by atoms with Crippen LogP contribution >= 0.6 is 87.9 Å². The molecule has 0 aromatic carbocycles. The molecular weight excluding hydrogens is 2160 g/mol. The molecule has 56 nitrogen and oxygen atoms in total. The first-order valence-electron chi connectivity index (χ1n) is 39.4. The van der Waals surface area contributed by atoms with E-state index in [2.05, 4.69) is 108 Å². The van der Waals surface area contributed by atoms with Crippen LogP contribution in [0.25, 0.3) is 67.0 Å². The molecule has 6 unspecified atom stereocenters. The van der Waals surface area contributed by atoms with E-state index in [9.17, 15) is 43.4 Å². The number of rotatable bonds is 15. The molecular formula is C61H69F6N31O25P6S9. The van der Waals surface area contributed by atoms with Gasteiger partial charge in [-0.25, -0.2) is 71.7 Å². The molecule has 0 radical (unpaired) electrons. The molecule has 12 aromatic heterocycles. The van der Waals surface area contributed by atoms with Crippen molar-refractivity contribution < 1.29 is 129 Å². The van der Waals surface area contributed by atoms with Gasteiger partial charge in [-0.2, -0.15) is 28.4 Å². The normalized spacial score (nSPS) is 35.2. The third kappa shape index (κ3) is 19.4. The molecule has 21 heterocycles. The van der Waals surface area contributed by atoms with Crippen molar-refractivity contribution in [1.29, 1.82) is 0 Å². The van der Waals surface area contributed by atoms with E-state index in [1.54, 1.807) is 4.57 Å². The van der Waals surface area contributed by atoms with E-state index in [1.807, 2.05) is 0 Å². The number of imidazole rings is 4. The van der Waals surface area contributed by atoms with Gasteiger partial charge in [0.2, 0.25) is 24.1 Å². The molecule has 9 saturated heterocycles. The summed E-state index contributed by atoms with van der Waals surface area (Å²) in [6, 6.07) is 1.53. The van der Waals surface area contributed by atoms with Crippen molar-refractivity contribution >= 4 is 249 Å². The zero-order chi connectivity index (χ0) is 97.9. The van der Waals surface area contributed by atoms with Gasteiger partial charge in [0, 0.05) is 19.7 Å². The zero-order valence-corrected chi connectivity index (χ0v) is 81.6. The minimum atomic E-state index is -4.57. The first-order chi connectivity index (χ1) is 65.3. The molecule has 0 saturated carbocycles. The van der Waals surface area contributed by atoms with Crippen molar-refractivity contribution in [1.82, 2.24) is 123 Å². The molecule has 77 heteroatoms. The number of fused-ring (bicyclic) bond motifs is 14. The SMILES string of the molecule is COP(O)(=S)OC[C@H]1S[C@@H](n2cnc3c(=O)[nH]c(N)nc32)[C@H](OP(=O)(S)OC[C@]23CO[C@H](C2)[C@H](n2cnc4c(N)ncnc42)O3)[C@H]1F.Nc1nc2c(ncn2[C@@H]2S[C@@H]3COP(O)(=S)O[C@H]4[C@H](F)[C@H](n5cnc6c(N)ccnc65)O[C@@H]4COP(O)(=S)O[C@@H]2[C@H]3F)c(=O)[nH]1.Nc1nc2c(nnn2[C@@H]2S[C@@H]3COP(O)(=S)O[C@@H]4[C@@H](COP(O)(=S)O[C@@H]2[C@H]3F)O[C@@H](n2nnc3c(N)ncnc32)C4(F)F)c(=O)[nH]1. The van der Waals surface area contributed by atoms with Gasteiger partial charge in [0.15, 0.2) is 92.3 Å². The quantitative estimate of drug-likeness (QED) is 0.0398. The maximum Gasteiger partial charge on any atom is 0.386 e. The van der Waals surface area contributed by atoms with Crippen LogP contribution in [0.5, 0.6) is 0 Å². The van der Waals surface area contributed by atoms with Crippen LogP contribution in [0.2, 0.25) is 0 Å². The smallest absolute Gasteiger partial charge is 0.386 e. The van der Waals surface area contributed by atoms with Gasteiger partial charge in [-0.15, -0.1) is 45.5 Å². The van der Waals surface area contributed by atoms with E-state index < -0.39 is 219 Å². The molecule has 28 atom stereocenters. The molecule has 20 N–H and O–H groups in total. The van der Waals surface area contributed by atoms with Crippen molar-refractivity contribution in [2.45, 2.75) is 142 Å². The Kier molecular flexibility index (Phi) is 27.4. The molecule has 21 rings (SSSR count). The van der Waals surface area contributed by atoms with Crippen LogP contribution in [0.15, 0.2) is 64.6 Å². The van der Waals surface area contributed by atoms with Crippen LogP contribution in [-0.2, 0) is 137 Å². The Morgan fingerprint density at radius 2 is 1.08 bits per heavy atom. The van der Waals surface area contributed by atoms with Crippen molar-refractivity contribution in [2.24, 2.45) is 0 Å². The summed E-state index contributed by atoms with van der Waals surface area (Å²) in [6.45, 7) is -28.8. The number of pyridine rings is 1. The van der Waals surface area contributed by atoms with Crippen LogP contribution in [0.4, 0.5) is 61.5 Å². The summed E-state index contributed by atoms with van der Waals surface area (Å²) in [6.07, 6.45) is -14.8. The van der Waals surface area contributed by atoms with E-state index >= 15 is 26.3 Å². The summed E-state index contributed by atoms with van der Waals surface area (Å²) in [4.78, 5) is 147. The molecule has 138 heavy (non-hydrogen) atoms. The number of halogens is 6. The number of nitrogen functional groups attached to an aromatic ring is 6. The second kappa shape index (κ2) is 37.9. The number of aromatic amines is 3. The third-order valence-electron chi connectivity index (χ3n) is 22.2. The summed E-state index contributed by atoms with van der Waals surface area (Å²) in [5, 5.41) is 8.48. The minimum Gasteiger partial charge on any atom is -0.397 e. The van der Waals surface area contributed by atoms with Crippen molar-refractivity contribution in [2.75, 3.05) is 87.8 Å². The summed E-state index contributed by atoms with van der Waals surface area (Å²) >= 11 is 32.3. The van der Waals surface area contributed by atoms with Crippen LogP contribution < -0.4 is 51.1 Å². The summed E-state index contributed by atoms with van der Waals surface area (Å²) in [7, 11) is 1.17. The number of nitrogens with one attached hydrogen (secondary N) is 3. The fraction of sp³-hybridized carbons (Fsp3) is 0.525. The summed E-state index contributed by atoms with van der Waals surface area (Å²) < 4.78 is 206.